The Morgan fingerprint density at radius 2 is 1.83 bits per heavy atom. The molecule has 5 nitrogen and oxygen atoms in total. The number of aromatic nitrogens is 2. The summed E-state index contributed by atoms with van der Waals surface area (Å²) in [6.07, 6.45) is 3.00. The van der Waals surface area contributed by atoms with E-state index in [0.717, 1.165) is 5.56 Å². The number of benzene rings is 1. The average molecular weight is 321 g/mol. The summed E-state index contributed by atoms with van der Waals surface area (Å²) in [6, 6.07) is 15.0. The minimum atomic E-state index is -0.343. The third kappa shape index (κ3) is 3.06. The molecule has 2 aromatic heterocycles. The first-order valence-electron chi connectivity index (χ1n) is 7.89. The summed E-state index contributed by atoms with van der Waals surface area (Å²) in [6.45, 7) is 4.33. The molecule has 0 bridgehead atoms. The van der Waals surface area contributed by atoms with Crippen LogP contribution in [-0.4, -0.2) is 26.2 Å². The van der Waals surface area contributed by atoms with E-state index in [9.17, 15) is 9.59 Å². The lowest BCUT2D eigenvalue weighted by molar-refractivity contribution is 0.0688. The molecule has 0 fully saturated rings. The Kier molecular flexibility index (Phi) is 4.42. The van der Waals surface area contributed by atoms with Gasteiger partial charge in [-0.05, 0) is 31.5 Å². The minimum Gasteiger partial charge on any atom is -0.332 e. The van der Waals surface area contributed by atoms with E-state index in [0.29, 0.717) is 12.2 Å². The van der Waals surface area contributed by atoms with Crippen LogP contribution in [0.1, 0.15) is 29.8 Å². The molecule has 0 N–H and O–H groups in total. The molecule has 0 saturated heterocycles. The molecule has 24 heavy (non-hydrogen) atoms. The lowest BCUT2D eigenvalue weighted by Crippen LogP contribution is -2.39. The van der Waals surface area contributed by atoms with Gasteiger partial charge in [0.2, 0.25) is 0 Å². The third-order valence-electron chi connectivity index (χ3n) is 3.92. The van der Waals surface area contributed by atoms with E-state index in [1.807, 2.05) is 44.2 Å². The summed E-state index contributed by atoms with van der Waals surface area (Å²) in [7, 11) is 0. The van der Waals surface area contributed by atoms with Crippen LogP contribution in [0.4, 0.5) is 0 Å². The summed E-state index contributed by atoms with van der Waals surface area (Å²) in [5, 5.41) is 0. The number of carbonyl (C=O) groups excluding carboxylic acids is 1. The molecule has 0 atom stereocenters. The molecule has 0 radical (unpaired) electrons. The summed E-state index contributed by atoms with van der Waals surface area (Å²) in [4.78, 5) is 31.5. The Morgan fingerprint density at radius 3 is 2.54 bits per heavy atom. The molecule has 0 aliphatic heterocycles. The van der Waals surface area contributed by atoms with Crippen LogP contribution in [0.25, 0.3) is 5.65 Å². The lowest BCUT2D eigenvalue weighted by atomic mass is 10.1. The van der Waals surface area contributed by atoms with Crippen molar-refractivity contribution in [3.8, 4) is 0 Å². The monoisotopic (exact) mass is 321 g/mol. The highest BCUT2D eigenvalue weighted by Gasteiger charge is 2.22. The molecule has 1 amide bonds. The van der Waals surface area contributed by atoms with Gasteiger partial charge in [-0.25, -0.2) is 4.98 Å². The molecule has 1 aromatic carbocycles. The van der Waals surface area contributed by atoms with Gasteiger partial charge in [-0.1, -0.05) is 36.4 Å². The van der Waals surface area contributed by atoms with Crippen molar-refractivity contribution >= 4 is 11.6 Å². The van der Waals surface area contributed by atoms with Crippen molar-refractivity contribution in [2.75, 3.05) is 0 Å². The third-order valence-corrected chi connectivity index (χ3v) is 3.92. The predicted octanol–water partition coefficient (Wildman–Crippen LogP) is 2.75. The van der Waals surface area contributed by atoms with E-state index in [4.69, 9.17) is 0 Å². The second kappa shape index (κ2) is 6.66. The topological polar surface area (TPSA) is 54.7 Å². The second-order valence-electron chi connectivity index (χ2n) is 5.92. The Hall–Kier alpha value is -2.95. The molecule has 0 spiro atoms. The predicted molar refractivity (Wildman–Crippen MR) is 92.9 cm³/mol. The van der Waals surface area contributed by atoms with Crippen LogP contribution in [0.3, 0.4) is 0 Å². The van der Waals surface area contributed by atoms with Gasteiger partial charge in [-0.3, -0.25) is 14.0 Å². The summed E-state index contributed by atoms with van der Waals surface area (Å²) < 4.78 is 1.40. The standard InChI is InChI=1S/C19H19N3O2/c1-14(2)22(13-15-8-4-3-5-9-15)19(24)16-12-20-17-10-6-7-11-21(17)18(16)23/h3-12,14H,13H2,1-2H3. The van der Waals surface area contributed by atoms with Crippen molar-refractivity contribution in [3.63, 3.8) is 0 Å². The van der Waals surface area contributed by atoms with Crippen molar-refractivity contribution in [2.24, 2.45) is 0 Å². The SMILES string of the molecule is CC(C)N(Cc1ccccc1)C(=O)c1cnc2ccccn2c1=O. The highest BCUT2D eigenvalue weighted by atomic mass is 16.2. The van der Waals surface area contributed by atoms with Gasteiger partial charge in [-0.2, -0.15) is 0 Å². The molecule has 3 rings (SSSR count). The molecule has 0 aliphatic rings. The van der Waals surface area contributed by atoms with Crippen molar-refractivity contribution in [3.05, 3.63) is 82.4 Å². The van der Waals surface area contributed by atoms with Crippen molar-refractivity contribution < 1.29 is 4.79 Å². The normalized spacial score (nSPS) is 11.0. The fraction of sp³-hybridized carbons (Fsp3) is 0.211. The first-order chi connectivity index (χ1) is 11.6. The molecule has 122 valence electrons. The van der Waals surface area contributed by atoms with Gasteiger partial charge >= 0.3 is 0 Å². The number of fused-ring (bicyclic) bond motifs is 1. The van der Waals surface area contributed by atoms with Crippen LogP contribution in [0.5, 0.6) is 0 Å². The molecular formula is C19H19N3O2. The van der Waals surface area contributed by atoms with Gasteiger partial charge in [0, 0.05) is 25.0 Å². The van der Waals surface area contributed by atoms with Gasteiger partial charge in [0.05, 0.1) is 0 Å². The lowest BCUT2D eigenvalue weighted by Gasteiger charge is -2.26. The Morgan fingerprint density at radius 1 is 1.12 bits per heavy atom. The van der Waals surface area contributed by atoms with Crippen LogP contribution >= 0.6 is 0 Å². The van der Waals surface area contributed by atoms with Crippen molar-refractivity contribution in [2.45, 2.75) is 26.4 Å². The zero-order valence-corrected chi connectivity index (χ0v) is 13.7. The maximum absolute atomic E-state index is 12.9. The van der Waals surface area contributed by atoms with Gasteiger partial charge in [0.1, 0.15) is 11.2 Å². The molecule has 3 aromatic rings. The maximum atomic E-state index is 12.9. The number of rotatable bonds is 4. The van der Waals surface area contributed by atoms with Crippen LogP contribution in [-0.2, 0) is 6.54 Å². The van der Waals surface area contributed by atoms with E-state index < -0.39 is 0 Å². The summed E-state index contributed by atoms with van der Waals surface area (Å²) >= 11 is 0. The number of amides is 1. The van der Waals surface area contributed by atoms with Gasteiger partial charge in [-0.15, -0.1) is 0 Å². The average Bonchev–Trinajstić information content (AvgIpc) is 2.60. The number of hydrogen-bond donors (Lipinski definition) is 0. The number of carbonyl (C=O) groups is 1. The smallest absolute Gasteiger partial charge is 0.270 e. The second-order valence-corrected chi connectivity index (χ2v) is 5.92. The van der Waals surface area contributed by atoms with E-state index in [1.165, 1.54) is 10.6 Å². The van der Waals surface area contributed by atoms with Crippen LogP contribution in [0.15, 0.2) is 65.7 Å². The van der Waals surface area contributed by atoms with Gasteiger partial charge in [0.15, 0.2) is 0 Å². The van der Waals surface area contributed by atoms with E-state index in [2.05, 4.69) is 4.98 Å². The minimum absolute atomic E-state index is 0.0337. The summed E-state index contributed by atoms with van der Waals surface area (Å²) in [5.41, 5.74) is 1.29. The first kappa shape index (κ1) is 15.9. The molecule has 0 unspecified atom stereocenters. The van der Waals surface area contributed by atoms with Crippen molar-refractivity contribution in [1.82, 2.24) is 14.3 Å². The van der Waals surface area contributed by atoms with Crippen molar-refractivity contribution in [1.29, 1.82) is 0 Å². The molecule has 5 heteroatoms. The summed E-state index contributed by atoms with van der Waals surface area (Å²) in [5.74, 6) is -0.301. The van der Waals surface area contributed by atoms with Gasteiger partial charge < -0.3 is 4.90 Å². The van der Waals surface area contributed by atoms with Gasteiger partial charge in [0.25, 0.3) is 11.5 Å². The Bertz CT molecular complexity index is 917. The molecular weight excluding hydrogens is 302 g/mol. The quantitative estimate of drug-likeness (QED) is 0.742. The highest BCUT2D eigenvalue weighted by molar-refractivity contribution is 5.94. The fourth-order valence-electron chi connectivity index (χ4n) is 2.60. The van der Waals surface area contributed by atoms with Crippen LogP contribution < -0.4 is 5.56 Å². The van der Waals surface area contributed by atoms with E-state index in [1.54, 1.807) is 29.3 Å². The number of hydrogen-bond acceptors (Lipinski definition) is 3. The molecule has 0 saturated carbocycles. The van der Waals surface area contributed by atoms with E-state index in [-0.39, 0.29) is 23.1 Å². The molecule has 0 aliphatic carbocycles. The van der Waals surface area contributed by atoms with Crippen LogP contribution in [0.2, 0.25) is 0 Å². The number of nitrogens with zero attached hydrogens (tertiary/aromatic N) is 3. The van der Waals surface area contributed by atoms with Crippen LogP contribution in [0, 0.1) is 0 Å². The first-order valence-corrected chi connectivity index (χ1v) is 7.89. The Labute approximate surface area is 140 Å². The highest BCUT2D eigenvalue weighted by Crippen LogP contribution is 2.11. The number of pyridine rings is 1. The fourth-order valence-corrected chi connectivity index (χ4v) is 2.60. The molecule has 2 heterocycles. The maximum Gasteiger partial charge on any atom is 0.270 e. The largest absolute Gasteiger partial charge is 0.332 e. The van der Waals surface area contributed by atoms with E-state index >= 15 is 0 Å². The zero-order valence-electron chi connectivity index (χ0n) is 13.7. The Balaban J connectivity index is 1.99. The zero-order chi connectivity index (χ0) is 17.1.